The number of carbonyl (C=O) groups excluding carboxylic acids is 2. The first-order chi connectivity index (χ1) is 12.3. The lowest BCUT2D eigenvalue weighted by Crippen LogP contribution is -2.43. The third kappa shape index (κ3) is 2.05. The molecular formula is C19H22O7. The summed E-state index contributed by atoms with van der Waals surface area (Å²) in [6.07, 6.45) is -0.815. The fraction of sp³-hybridized carbons (Fsp3) is 0.684. The number of esters is 2. The molecule has 7 nitrogen and oxygen atoms in total. The molecule has 0 aromatic carbocycles. The Balaban J connectivity index is 1.51. The molecule has 5 rings (SSSR count). The van der Waals surface area contributed by atoms with Crippen LogP contribution in [-0.4, -0.2) is 59.8 Å². The van der Waals surface area contributed by atoms with E-state index in [1.165, 1.54) is 0 Å². The molecule has 3 aliphatic heterocycles. The first kappa shape index (κ1) is 16.5. The molecule has 3 heterocycles. The minimum Gasteiger partial charge on any atom is -0.459 e. The number of rotatable bonds is 2. The van der Waals surface area contributed by atoms with Gasteiger partial charge in [0.25, 0.3) is 0 Å². The average Bonchev–Trinajstić information content (AvgIpc) is 3.47. The summed E-state index contributed by atoms with van der Waals surface area (Å²) < 4.78 is 22.3. The van der Waals surface area contributed by atoms with Crippen LogP contribution in [0.4, 0.5) is 0 Å². The van der Waals surface area contributed by atoms with Crippen LogP contribution in [0.5, 0.6) is 0 Å². The van der Waals surface area contributed by atoms with Gasteiger partial charge in [-0.15, -0.1) is 0 Å². The van der Waals surface area contributed by atoms with Crippen molar-refractivity contribution in [1.82, 2.24) is 0 Å². The van der Waals surface area contributed by atoms with Crippen molar-refractivity contribution < 1.29 is 33.6 Å². The van der Waals surface area contributed by atoms with E-state index in [0.29, 0.717) is 31.6 Å². The molecule has 140 valence electrons. The Morgan fingerprint density at radius 3 is 2.62 bits per heavy atom. The van der Waals surface area contributed by atoms with Crippen molar-refractivity contribution >= 4 is 11.9 Å². The fourth-order valence-electron chi connectivity index (χ4n) is 5.02. The Labute approximate surface area is 150 Å². The van der Waals surface area contributed by atoms with E-state index in [1.54, 1.807) is 6.92 Å². The number of aliphatic hydroxyl groups excluding tert-OH is 1. The molecule has 26 heavy (non-hydrogen) atoms. The molecule has 5 fully saturated rings. The van der Waals surface area contributed by atoms with E-state index in [2.05, 4.69) is 13.2 Å². The van der Waals surface area contributed by atoms with Crippen LogP contribution in [-0.2, 0) is 28.5 Å². The second kappa shape index (κ2) is 4.97. The lowest BCUT2D eigenvalue weighted by Gasteiger charge is -2.30. The number of ether oxygens (including phenoxy) is 4. The number of hydrogen-bond acceptors (Lipinski definition) is 7. The van der Waals surface area contributed by atoms with E-state index in [-0.39, 0.29) is 11.8 Å². The van der Waals surface area contributed by atoms with E-state index in [4.69, 9.17) is 18.9 Å². The highest BCUT2D eigenvalue weighted by atomic mass is 16.6. The van der Waals surface area contributed by atoms with Crippen molar-refractivity contribution in [2.45, 2.75) is 49.3 Å². The lowest BCUT2D eigenvalue weighted by atomic mass is 9.78. The van der Waals surface area contributed by atoms with Crippen LogP contribution in [0, 0.1) is 17.8 Å². The van der Waals surface area contributed by atoms with Crippen molar-refractivity contribution in [2.75, 3.05) is 13.2 Å². The highest BCUT2D eigenvalue weighted by Crippen LogP contribution is 2.60. The molecule has 2 aliphatic carbocycles. The van der Waals surface area contributed by atoms with Crippen LogP contribution in [0.15, 0.2) is 24.3 Å². The maximum atomic E-state index is 12.4. The molecule has 1 N–H and O–H groups in total. The molecule has 0 radical (unpaired) electrons. The van der Waals surface area contributed by atoms with Gasteiger partial charge in [-0.3, -0.25) is 0 Å². The van der Waals surface area contributed by atoms with Gasteiger partial charge in [-0.1, -0.05) is 18.7 Å². The quantitative estimate of drug-likeness (QED) is 0.331. The van der Waals surface area contributed by atoms with Crippen molar-refractivity contribution in [3.8, 4) is 0 Å². The van der Waals surface area contributed by atoms with Crippen molar-refractivity contribution in [2.24, 2.45) is 17.8 Å². The predicted octanol–water partition coefficient (Wildman–Crippen LogP) is 0.511. The van der Waals surface area contributed by atoms with E-state index >= 15 is 0 Å². The maximum absolute atomic E-state index is 12.4. The van der Waals surface area contributed by atoms with Crippen molar-refractivity contribution in [3.05, 3.63) is 24.3 Å². The highest BCUT2D eigenvalue weighted by molar-refractivity contribution is 5.91. The predicted molar refractivity (Wildman–Crippen MR) is 86.8 cm³/mol. The number of hydrogen-bond donors (Lipinski definition) is 1. The van der Waals surface area contributed by atoms with Crippen LogP contribution in [0.3, 0.4) is 0 Å². The van der Waals surface area contributed by atoms with E-state index in [0.717, 1.165) is 5.57 Å². The third-order valence-corrected chi connectivity index (χ3v) is 6.79. The van der Waals surface area contributed by atoms with Gasteiger partial charge in [-0.25, -0.2) is 9.59 Å². The second-order valence-corrected chi connectivity index (χ2v) is 8.37. The number of fused-ring (bicyclic) bond motifs is 4. The zero-order valence-electron chi connectivity index (χ0n) is 14.6. The Kier molecular flexibility index (Phi) is 3.15. The lowest BCUT2D eigenvalue weighted by molar-refractivity contribution is -0.158. The van der Waals surface area contributed by atoms with E-state index < -0.39 is 47.4 Å². The van der Waals surface area contributed by atoms with Crippen molar-refractivity contribution in [1.29, 1.82) is 0 Å². The van der Waals surface area contributed by atoms with E-state index in [1.807, 2.05) is 0 Å². The maximum Gasteiger partial charge on any atom is 0.340 e. The van der Waals surface area contributed by atoms with Crippen molar-refractivity contribution in [3.63, 3.8) is 0 Å². The summed E-state index contributed by atoms with van der Waals surface area (Å²) in [4.78, 5) is 24.7. The van der Waals surface area contributed by atoms with Gasteiger partial charge in [0.15, 0.2) is 5.60 Å². The molecule has 5 aliphatic rings. The Hall–Kier alpha value is -1.70. The topological polar surface area (TPSA) is 97.9 Å². The normalized spacial score (nSPS) is 51.5. The summed E-state index contributed by atoms with van der Waals surface area (Å²) >= 11 is 0. The van der Waals surface area contributed by atoms with Gasteiger partial charge in [0.05, 0.1) is 25.2 Å². The molecule has 3 saturated heterocycles. The van der Waals surface area contributed by atoms with Gasteiger partial charge in [0, 0.05) is 17.9 Å². The zero-order valence-corrected chi connectivity index (χ0v) is 14.6. The number of epoxide rings is 2. The largest absolute Gasteiger partial charge is 0.459 e. The van der Waals surface area contributed by atoms with Crippen LogP contribution in [0.1, 0.15) is 19.8 Å². The van der Waals surface area contributed by atoms with Gasteiger partial charge in [-0.05, 0) is 19.3 Å². The standard InChI is InChI=1S/C19H22O7/c1-8-4-11(25-17(22)18(3)6-23-18)13-9(2)16(21)26-15(13)14-10(8)5-12(20)19(14)7-24-19/h10-15,20H,1-2,4-7H2,3H3/t10-,11-,12+,13+,14?,15+,18-,19-/m0/s1. The fourth-order valence-corrected chi connectivity index (χ4v) is 5.02. The molecule has 8 atom stereocenters. The summed E-state index contributed by atoms with van der Waals surface area (Å²) in [6, 6.07) is 0. The Morgan fingerprint density at radius 1 is 1.31 bits per heavy atom. The molecule has 1 unspecified atom stereocenters. The average molecular weight is 362 g/mol. The van der Waals surface area contributed by atoms with Crippen LogP contribution in [0.25, 0.3) is 0 Å². The van der Waals surface area contributed by atoms with Gasteiger partial charge >= 0.3 is 11.9 Å². The monoisotopic (exact) mass is 362 g/mol. The molecular weight excluding hydrogens is 340 g/mol. The van der Waals surface area contributed by atoms with Crippen LogP contribution < -0.4 is 0 Å². The minimum absolute atomic E-state index is 0.0461. The summed E-state index contributed by atoms with van der Waals surface area (Å²) in [7, 11) is 0. The van der Waals surface area contributed by atoms with E-state index in [9.17, 15) is 14.7 Å². The third-order valence-electron chi connectivity index (χ3n) is 6.79. The zero-order chi connectivity index (χ0) is 18.4. The molecule has 7 heteroatoms. The second-order valence-electron chi connectivity index (χ2n) is 8.37. The van der Waals surface area contributed by atoms with Crippen LogP contribution in [0.2, 0.25) is 0 Å². The van der Waals surface area contributed by atoms with Gasteiger partial charge in [0.1, 0.15) is 17.8 Å². The molecule has 0 amide bonds. The number of aliphatic hydroxyl groups is 1. The minimum atomic E-state index is -0.902. The van der Waals surface area contributed by atoms with Gasteiger partial charge < -0.3 is 24.1 Å². The summed E-state index contributed by atoms with van der Waals surface area (Å²) in [5.41, 5.74) is -0.396. The molecule has 0 aromatic heterocycles. The first-order valence-corrected chi connectivity index (χ1v) is 9.01. The van der Waals surface area contributed by atoms with Crippen LogP contribution >= 0.6 is 0 Å². The van der Waals surface area contributed by atoms with Gasteiger partial charge in [0.2, 0.25) is 0 Å². The molecule has 0 aromatic rings. The summed E-state index contributed by atoms with van der Waals surface area (Å²) in [6.45, 7) is 10.5. The summed E-state index contributed by atoms with van der Waals surface area (Å²) in [5.74, 6) is -1.62. The highest BCUT2D eigenvalue weighted by Gasteiger charge is 2.71. The van der Waals surface area contributed by atoms with Gasteiger partial charge in [-0.2, -0.15) is 0 Å². The molecule has 0 bridgehead atoms. The molecule has 1 spiro atoms. The Morgan fingerprint density at radius 2 is 2.00 bits per heavy atom. The number of carbonyl (C=O) groups is 2. The smallest absolute Gasteiger partial charge is 0.340 e. The summed E-state index contributed by atoms with van der Waals surface area (Å²) in [5, 5.41) is 10.5. The molecule has 2 saturated carbocycles. The SMILES string of the molecule is C=C1C(=O)O[C@H]2C3[C@@H](C[C@@H](O)[C@@]34CO4)C(=C)C[C@H](OC(=O)[C@]3(C)CO3)[C@@H]12. The Bertz CT molecular complexity index is 732. The first-order valence-electron chi connectivity index (χ1n) is 9.01.